The quantitative estimate of drug-likeness (QED) is 0.223. The first kappa shape index (κ1) is 29.2. The number of phenols is 1. The first-order valence-electron chi connectivity index (χ1n) is 14.2. The highest BCUT2D eigenvalue weighted by molar-refractivity contribution is 5.89. The second-order valence-electron chi connectivity index (χ2n) is 12.0. The first-order chi connectivity index (χ1) is 19.0. The van der Waals surface area contributed by atoms with Gasteiger partial charge in [-0.2, -0.15) is 0 Å². The van der Waals surface area contributed by atoms with Crippen molar-refractivity contribution >= 4 is 22.7 Å². The van der Waals surface area contributed by atoms with Crippen LogP contribution in [0.15, 0.2) is 78.9 Å². The molecule has 0 aliphatic heterocycles. The average molecular weight is 537 g/mol. The lowest BCUT2D eigenvalue weighted by Crippen LogP contribution is -2.24. The Morgan fingerprint density at radius 1 is 0.825 bits per heavy atom. The second-order valence-corrected chi connectivity index (χ2v) is 12.0. The summed E-state index contributed by atoms with van der Waals surface area (Å²) in [6.45, 7) is 16.3. The number of ether oxygens (including phenoxy) is 1. The van der Waals surface area contributed by atoms with E-state index in [1.807, 2.05) is 6.07 Å². The molecule has 0 aliphatic rings. The summed E-state index contributed by atoms with van der Waals surface area (Å²) in [6.07, 6.45) is 0. The molecular formula is C36H44N2O2. The maximum atomic E-state index is 11.6. The number of aromatic hydroxyl groups is 1. The van der Waals surface area contributed by atoms with Crippen LogP contribution < -0.4 is 10.2 Å². The van der Waals surface area contributed by atoms with Gasteiger partial charge < -0.3 is 20.1 Å². The molecule has 0 amide bonds. The molecule has 0 aromatic heterocycles. The lowest BCUT2D eigenvalue weighted by atomic mass is 9.83. The van der Waals surface area contributed by atoms with Crippen LogP contribution in [0.2, 0.25) is 0 Å². The van der Waals surface area contributed by atoms with Crippen LogP contribution in [0.1, 0.15) is 62.8 Å². The van der Waals surface area contributed by atoms with E-state index in [2.05, 4.69) is 131 Å². The molecule has 4 aromatic rings. The van der Waals surface area contributed by atoms with Crippen molar-refractivity contribution in [3.05, 3.63) is 101 Å². The molecule has 0 bridgehead atoms. The largest absolute Gasteiger partial charge is 0.507 e. The number of methoxy groups -OCH3 is 1. The van der Waals surface area contributed by atoms with Crippen molar-refractivity contribution in [2.45, 2.75) is 59.8 Å². The predicted molar refractivity (Wildman–Crippen MR) is 171 cm³/mol. The maximum absolute atomic E-state index is 11.6. The highest BCUT2D eigenvalue weighted by atomic mass is 16.5. The van der Waals surface area contributed by atoms with Gasteiger partial charge in [0.05, 0.1) is 18.0 Å². The number of para-hydroxylation sites is 1. The number of benzene rings is 4. The van der Waals surface area contributed by atoms with E-state index < -0.39 is 0 Å². The van der Waals surface area contributed by atoms with E-state index in [0.29, 0.717) is 24.8 Å². The van der Waals surface area contributed by atoms with Crippen LogP contribution in [0.4, 0.5) is 22.7 Å². The SMILES string of the molecule is COCCN(c1cc(C(C)C)ccc1Nc1ccc(C)cc1)c1ccccc1-c1cc(C)cc(C(C)(C)C)c1O. The van der Waals surface area contributed by atoms with E-state index in [4.69, 9.17) is 4.74 Å². The Morgan fingerprint density at radius 2 is 1.52 bits per heavy atom. The molecule has 0 saturated carbocycles. The lowest BCUT2D eigenvalue weighted by Gasteiger charge is -2.31. The number of rotatable bonds is 9. The summed E-state index contributed by atoms with van der Waals surface area (Å²) >= 11 is 0. The molecule has 0 unspecified atom stereocenters. The third-order valence-electron chi connectivity index (χ3n) is 7.38. The maximum Gasteiger partial charge on any atom is 0.127 e. The minimum Gasteiger partial charge on any atom is -0.507 e. The molecular weight excluding hydrogens is 492 g/mol. The highest BCUT2D eigenvalue weighted by Crippen LogP contribution is 2.45. The fraction of sp³-hybridized carbons (Fsp3) is 0.333. The van der Waals surface area contributed by atoms with Crippen molar-refractivity contribution in [3.63, 3.8) is 0 Å². The molecule has 2 N–H and O–H groups in total. The molecule has 4 rings (SSSR count). The summed E-state index contributed by atoms with van der Waals surface area (Å²) in [6, 6.07) is 27.7. The number of nitrogens with zero attached hydrogens (tertiary/aromatic N) is 1. The van der Waals surface area contributed by atoms with Gasteiger partial charge in [-0.3, -0.25) is 0 Å². The predicted octanol–water partition coefficient (Wildman–Crippen LogP) is 9.63. The minimum absolute atomic E-state index is 0.188. The Labute approximate surface area is 240 Å². The molecule has 40 heavy (non-hydrogen) atoms. The van der Waals surface area contributed by atoms with Crippen molar-refractivity contribution in [3.8, 4) is 16.9 Å². The molecule has 0 spiro atoms. The zero-order chi connectivity index (χ0) is 29.0. The van der Waals surface area contributed by atoms with E-state index in [-0.39, 0.29) is 5.41 Å². The summed E-state index contributed by atoms with van der Waals surface area (Å²) < 4.78 is 5.61. The van der Waals surface area contributed by atoms with Crippen LogP contribution in [-0.2, 0) is 10.2 Å². The van der Waals surface area contributed by atoms with E-state index >= 15 is 0 Å². The summed E-state index contributed by atoms with van der Waals surface area (Å²) in [4.78, 5) is 2.32. The minimum atomic E-state index is -0.188. The summed E-state index contributed by atoms with van der Waals surface area (Å²) in [7, 11) is 1.74. The summed E-state index contributed by atoms with van der Waals surface area (Å²) in [5.74, 6) is 0.716. The molecule has 4 nitrogen and oxygen atoms in total. The molecule has 0 aliphatic carbocycles. The van der Waals surface area contributed by atoms with Crippen LogP contribution in [0.3, 0.4) is 0 Å². The highest BCUT2D eigenvalue weighted by Gasteiger charge is 2.24. The number of aryl methyl sites for hydroxylation is 2. The fourth-order valence-corrected chi connectivity index (χ4v) is 5.08. The molecule has 4 aromatic carbocycles. The molecule has 210 valence electrons. The number of phenolic OH excluding ortho intramolecular Hbond substituents is 1. The third-order valence-corrected chi connectivity index (χ3v) is 7.38. The Morgan fingerprint density at radius 3 is 2.17 bits per heavy atom. The molecule has 0 fully saturated rings. The zero-order valence-corrected chi connectivity index (χ0v) is 25.3. The Kier molecular flexibility index (Phi) is 8.90. The van der Waals surface area contributed by atoms with Crippen LogP contribution in [-0.4, -0.2) is 25.4 Å². The van der Waals surface area contributed by atoms with Gasteiger partial charge in [0.25, 0.3) is 0 Å². The second kappa shape index (κ2) is 12.2. The Bertz CT molecular complexity index is 1450. The van der Waals surface area contributed by atoms with Crippen molar-refractivity contribution in [1.29, 1.82) is 0 Å². The van der Waals surface area contributed by atoms with Gasteiger partial charge in [-0.25, -0.2) is 0 Å². The molecule has 4 heteroatoms. The van der Waals surface area contributed by atoms with Gasteiger partial charge in [-0.15, -0.1) is 0 Å². The van der Waals surface area contributed by atoms with Crippen molar-refractivity contribution in [2.24, 2.45) is 0 Å². The monoisotopic (exact) mass is 536 g/mol. The van der Waals surface area contributed by atoms with Crippen LogP contribution in [0, 0.1) is 13.8 Å². The number of hydrogen-bond donors (Lipinski definition) is 2. The van der Waals surface area contributed by atoms with Crippen LogP contribution >= 0.6 is 0 Å². The first-order valence-corrected chi connectivity index (χ1v) is 14.2. The van der Waals surface area contributed by atoms with E-state index in [0.717, 1.165) is 45.0 Å². The average Bonchev–Trinajstić information content (AvgIpc) is 2.91. The van der Waals surface area contributed by atoms with Gasteiger partial charge in [0.1, 0.15) is 5.75 Å². The van der Waals surface area contributed by atoms with E-state index in [9.17, 15) is 5.11 Å². The summed E-state index contributed by atoms with van der Waals surface area (Å²) in [5, 5.41) is 15.3. The topological polar surface area (TPSA) is 44.7 Å². The van der Waals surface area contributed by atoms with Crippen molar-refractivity contribution in [2.75, 3.05) is 30.5 Å². The molecule has 0 atom stereocenters. The number of nitrogens with one attached hydrogen (secondary N) is 1. The Balaban J connectivity index is 1.93. The van der Waals surface area contributed by atoms with Crippen molar-refractivity contribution < 1.29 is 9.84 Å². The van der Waals surface area contributed by atoms with E-state index in [1.54, 1.807) is 7.11 Å². The Hall–Kier alpha value is -3.76. The smallest absolute Gasteiger partial charge is 0.127 e. The van der Waals surface area contributed by atoms with Crippen molar-refractivity contribution in [1.82, 2.24) is 0 Å². The molecule has 0 heterocycles. The van der Waals surface area contributed by atoms with E-state index in [1.165, 1.54) is 11.1 Å². The normalized spacial score (nSPS) is 11.6. The van der Waals surface area contributed by atoms with Crippen LogP contribution in [0.25, 0.3) is 11.1 Å². The van der Waals surface area contributed by atoms with Gasteiger partial charge in [-0.05, 0) is 72.7 Å². The third kappa shape index (κ3) is 6.51. The van der Waals surface area contributed by atoms with Gasteiger partial charge in [0, 0.05) is 41.7 Å². The van der Waals surface area contributed by atoms with Gasteiger partial charge in [0.15, 0.2) is 0 Å². The number of hydrogen-bond acceptors (Lipinski definition) is 4. The zero-order valence-electron chi connectivity index (χ0n) is 25.3. The van der Waals surface area contributed by atoms with Gasteiger partial charge in [0.2, 0.25) is 0 Å². The lowest BCUT2D eigenvalue weighted by molar-refractivity contribution is 0.207. The number of anilines is 4. The fourth-order valence-electron chi connectivity index (χ4n) is 5.08. The standard InChI is InChI=1S/C36H44N2O2/c1-24(2)27-15-18-32(37-28-16-13-25(3)14-17-28)34(23-27)38(19-20-40-8)33-12-10-9-11-29(33)30-21-26(4)22-31(35(30)39)36(5,6)7/h9-18,21-24,37,39H,19-20H2,1-8H3. The molecule has 0 radical (unpaired) electrons. The van der Waals surface area contributed by atoms with Gasteiger partial charge >= 0.3 is 0 Å². The van der Waals surface area contributed by atoms with Gasteiger partial charge in [-0.1, -0.05) is 82.6 Å². The molecule has 0 saturated heterocycles. The van der Waals surface area contributed by atoms with Crippen LogP contribution in [0.5, 0.6) is 5.75 Å². The summed E-state index contributed by atoms with van der Waals surface area (Å²) in [5.41, 5.74) is 10.3.